The Kier molecular flexibility index (Phi) is 5.55. The largest absolute Gasteiger partial charge is 0.299 e. The number of aldehydes is 1. The minimum absolute atomic E-state index is 0.106. The van der Waals surface area contributed by atoms with Crippen LogP contribution < -0.4 is 0 Å². The first-order valence-corrected chi connectivity index (χ1v) is 7.90. The van der Waals surface area contributed by atoms with Gasteiger partial charge in [0.25, 0.3) is 0 Å². The van der Waals surface area contributed by atoms with E-state index in [4.69, 9.17) is 0 Å². The molecule has 0 unspecified atom stereocenters. The minimum atomic E-state index is 0.106. The molecule has 0 atom stereocenters. The van der Waals surface area contributed by atoms with Gasteiger partial charge in [0.2, 0.25) is 0 Å². The van der Waals surface area contributed by atoms with Crippen LogP contribution in [-0.2, 0) is 15.6 Å². The number of allylic oxidation sites excluding steroid dienone is 2. The SMILES string of the molecule is CCC/C(=C/C=O)c1cc(C(C)(C)C)cc(C(C)(C)C)c1. The molecule has 1 nitrogen and oxygen atoms in total. The highest BCUT2D eigenvalue weighted by molar-refractivity contribution is 5.82. The lowest BCUT2D eigenvalue weighted by atomic mass is 9.78. The third-order valence-electron chi connectivity index (χ3n) is 3.82. The Morgan fingerprint density at radius 2 is 1.43 bits per heavy atom. The zero-order valence-corrected chi connectivity index (χ0v) is 14.7. The fourth-order valence-corrected chi connectivity index (χ4v) is 2.35. The summed E-state index contributed by atoms with van der Waals surface area (Å²) >= 11 is 0. The van der Waals surface area contributed by atoms with Gasteiger partial charge in [0, 0.05) is 0 Å². The van der Waals surface area contributed by atoms with Gasteiger partial charge < -0.3 is 0 Å². The molecular weight excluding hydrogens is 256 g/mol. The number of carbonyl (C=O) groups excluding carboxylic acids is 1. The van der Waals surface area contributed by atoms with E-state index in [1.807, 2.05) is 0 Å². The Labute approximate surface area is 130 Å². The Bertz CT molecular complexity index is 489. The topological polar surface area (TPSA) is 17.1 Å². The third kappa shape index (κ3) is 4.84. The lowest BCUT2D eigenvalue weighted by molar-refractivity contribution is -0.104. The third-order valence-corrected chi connectivity index (χ3v) is 3.82. The van der Waals surface area contributed by atoms with Crippen LogP contribution >= 0.6 is 0 Å². The van der Waals surface area contributed by atoms with Crippen molar-refractivity contribution in [2.75, 3.05) is 0 Å². The molecule has 0 radical (unpaired) electrons. The fraction of sp³-hybridized carbons (Fsp3) is 0.550. The van der Waals surface area contributed by atoms with E-state index in [2.05, 4.69) is 66.7 Å². The van der Waals surface area contributed by atoms with Crippen LogP contribution in [0.2, 0.25) is 0 Å². The average Bonchev–Trinajstić information content (AvgIpc) is 2.36. The second-order valence-electron chi connectivity index (χ2n) is 7.88. The highest BCUT2D eigenvalue weighted by atomic mass is 16.1. The summed E-state index contributed by atoms with van der Waals surface area (Å²) in [7, 11) is 0. The molecule has 116 valence electrons. The summed E-state index contributed by atoms with van der Waals surface area (Å²) in [6.45, 7) is 15.6. The van der Waals surface area contributed by atoms with Gasteiger partial charge in [-0.3, -0.25) is 4.79 Å². The van der Waals surface area contributed by atoms with Crippen molar-refractivity contribution in [1.82, 2.24) is 0 Å². The second-order valence-corrected chi connectivity index (χ2v) is 7.88. The van der Waals surface area contributed by atoms with E-state index >= 15 is 0 Å². The van der Waals surface area contributed by atoms with Crippen molar-refractivity contribution in [3.8, 4) is 0 Å². The molecule has 0 aromatic heterocycles. The van der Waals surface area contributed by atoms with Gasteiger partial charge in [-0.1, -0.05) is 73.1 Å². The lowest BCUT2D eigenvalue weighted by Crippen LogP contribution is -2.17. The van der Waals surface area contributed by atoms with Crippen LogP contribution in [-0.4, -0.2) is 6.29 Å². The van der Waals surface area contributed by atoms with Crippen molar-refractivity contribution < 1.29 is 4.79 Å². The van der Waals surface area contributed by atoms with Crippen molar-refractivity contribution in [2.45, 2.75) is 72.1 Å². The maximum absolute atomic E-state index is 11.0. The number of hydrogen-bond donors (Lipinski definition) is 0. The highest BCUT2D eigenvalue weighted by Gasteiger charge is 2.21. The summed E-state index contributed by atoms with van der Waals surface area (Å²) in [5, 5.41) is 0. The van der Waals surface area contributed by atoms with Gasteiger partial charge in [-0.25, -0.2) is 0 Å². The molecular formula is C20H30O. The zero-order valence-electron chi connectivity index (χ0n) is 14.7. The van der Waals surface area contributed by atoms with E-state index in [1.54, 1.807) is 6.08 Å². The van der Waals surface area contributed by atoms with Crippen LogP contribution in [0.25, 0.3) is 5.57 Å². The summed E-state index contributed by atoms with van der Waals surface area (Å²) in [5.41, 5.74) is 5.21. The molecule has 0 aliphatic carbocycles. The fourth-order valence-electron chi connectivity index (χ4n) is 2.35. The van der Waals surface area contributed by atoms with Crippen molar-refractivity contribution in [3.05, 3.63) is 41.0 Å². The Morgan fingerprint density at radius 3 is 1.76 bits per heavy atom. The van der Waals surface area contributed by atoms with E-state index in [0.717, 1.165) is 24.7 Å². The summed E-state index contributed by atoms with van der Waals surface area (Å²) in [6, 6.07) is 6.81. The van der Waals surface area contributed by atoms with Crippen LogP contribution in [0.15, 0.2) is 24.3 Å². The number of benzene rings is 1. The molecule has 0 saturated heterocycles. The van der Waals surface area contributed by atoms with Crippen molar-refractivity contribution in [1.29, 1.82) is 0 Å². The van der Waals surface area contributed by atoms with E-state index in [1.165, 1.54) is 16.7 Å². The van der Waals surface area contributed by atoms with Gasteiger partial charge in [-0.15, -0.1) is 0 Å². The minimum Gasteiger partial charge on any atom is -0.299 e. The standard InChI is InChI=1S/C20H30O/c1-8-9-15(10-11-21)16-12-17(19(2,3)4)14-18(13-16)20(5,6)7/h10-14H,8-9H2,1-7H3/b15-10-. The number of carbonyl (C=O) groups is 1. The first-order valence-electron chi connectivity index (χ1n) is 7.90. The lowest BCUT2D eigenvalue weighted by Gasteiger charge is -2.26. The van der Waals surface area contributed by atoms with Crippen LogP contribution in [0.1, 0.15) is 78.0 Å². The van der Waals surface area contributed by atoms with Crippen LogP contribution in [0, 0.1) is 0 Å². The second kappa shape index (κ2) is 6.60. The molecule has 1 aromatic carbocycles. The molecule has 0 saturated carbocycles. The Balaban J connectivity index is 3.51. The highest BCUT2D eigenvalue weighted by Crippen LogP contribution is 2.33. The molecule has 1 heteroatoms. The molecule has 0 aliphatic heterocycles. The summed E-state index contributed by atoms with van der Waals surface area (Å²) in [5.74, 6) is 0. The molecule has 0 aliphatic rings. The number of hydrogen-bond acceptors (Lipinski definition) is 1. The van der Waals surface area contributed by atoms with Crippen LogP contribution in [0.3, 0.4) is 0 Å². The maximum atomic E-state index is 11.0. The van der Waals surface area contributed by atoms with Gasteiger partial charge in [-0.2, -0.15) is 0 Å². The molecule has 0 heterocycles. The molecule has 21 heavy (non-hydrogen) atoms. The van der Waals surface area contributed by atoms with Crippen molar-refractivity contribution in [3.63, 3.8) is 0 Å². The summed E-state index contributed by atoms with van der Waals surface area (Å²) in [4.78, 5) is 11.0. The molecule has 0 spiro atoms. The first kappa shape index (κ1) is 17.7. The molecule has 0 N–H and O–H groups in total. The monoisotopic (exact) mass is 286 g/mol. The molecule has 1 aromatic rings. The molecule has 1 rings (SSSR count). The van der Waals surface area contributed by atoms with Gasteiger partial charge >= 0.3 is 0 Å². The van der Waals surface area contributed by atoms with Gasteiger partial charge in [0.1, 0.15) is 6.29 Å². The Morgan fingerprint density at radius 1 is 0.952 bits per heavy atom. The number of rotatable bonds is 4. The van der Waals surface area contributed by atoms with Crippen molar-refractivity contribution >= 4 is 11.9 Å². The smallest absolute Gasteiger partial charge is 0.143 e. The van der Waals surface area contributed by atoms with Crippen molar-refractivity contribution in [2.24, 2.45) is 0 Å². The van der Waals surface area contributed by atoms with E-state index in [-0.39, 0.29) is 10.8 Å². The molecule has 0 amide bonds. The van der Waals surface area contributed by atoms with Gasteiger partial charge in [0.05, 0.1) is 0 Å². The Hall–Kier alpha value is -1.37. The molecule has 0 fully saturated rings. The van der Waals surface area contributed by atoms with E-state index < -0.39 is 0 Å². The van der Waals surface area contributed by atoms with E-state index in [9.17, 15) is 4.79 Å². The summed E-state index contributed by atoms with van der Waals surface area (Å²) < 4.78 is 0. The zero-order chi connectivity index (χ0) is 16.3. The normalized spacial score (nSPS) is 13.4. The van der Waals surface area contributed by atoms with Gasteiger partial charge in [-0.05, 0) is 45.6 Å². The average molecular weight is 286 g/mol. The summed E-state index contributed by atoms with van der Waals surface area (Å²) in [6.07, 6.45) is 4.61. The predicted octanol–water partition coefficient (Wildman–Crippen LogP) is 5.66. The van der Waals surface area contributed by atoms with Crippen LogP contribution in [0.4, 0.5) is 0 Å². The molecule has 0 bridgehead atoms. The first-order chi connectivity index (χ1) is 9.59. The predicted molar refractivity (Wildman–Crippen MR) is 92.8 cm³/mol. The maximum Gasteiger partial charge on any atom is 0.143 e. The van der Waals surface area contributed by atoms with Crippen LogP contribution in [0.5, 0.6) is 0 Å². The quantitative estimate of drug-likeness (QED) is 0.515. The van der Waals surface area contributed by atoms with Gasteiger partial charge in [0.15, 0.2) is 0 Å². The van der Waals surface area contributed by atoms with E-state index in [0.29, 0.717) is 0 Å².